The molecule has 0 fully saturated rings. The first-order valence-electron chi connectivity index (χ1n) is 8.65. The summed E-state index contributed by atoms with van der Waals surface area (Å²) in [5.41, 5.74) is 0. The number of unbranched alkanes of at least 4 members (excludes halogenated alkanes) is 8. The zero-order valence-corrected chi connectivity index (χ0v) is 15.9. The van der Waals surface area contributed by atoms with Crippen LogP contribution in [-0.2, 0) is 24.5 Å². The number of rotatable bonds is 14. The Morgan fingerprint density at radius 2 is 1.19 bits per heavy atom. The third-order valence-electron chi connectivity index (χ3n) is 3.49. The van der Waals surface area contributed by atoms with Gasteiger partial charge in [-0.2, -0.15) is 8.42 Å². The Morgan fingerprint density at radius 1 is 0.778 bits per heavy atom. The fourth-order valence-corrected chi connectivity index (χ4v) is 2.67. The van der Waals surface area contributed by atoms with E-state index in [1.165, 1.54) is 44.9 Å². The fraction of sp³-hybridized carbons (Fsp3) is 0.812. The molecule has 9 nitrogen and oxygen atoms in total. The Balaban J connectivity index is -0.000000416. The topological polar surface area (TPSA) is 166 Å². The van der Waals surface area contributed by atoms with Crippen LogP contribution in [0.25, 0.3) is 0 Å². The molecule has 27 heavy (non-hydrogen) atoms. The van der Waals surface area contributed by atoms with Crippen LogP contribution in [0.4, 0.5) is 0 Å². The minimum absolute atomic E-state index is 0. The summed E-state index contributed by atoms with van der Waals surface area (Å²) >= 11 is 0. The average molecular weight is 422 g/mol. The monoisotopic (exact) mass is 422 g/mol. The van der Waals surface area contributed by atoms with E-state index in [2.05, 4.69) is 6.92 Å². The molecule has 0 aliphatic carbocycles. The predicted molar refractivity (Wildman–Crippen MR) is 102 cm³/mol. The Hall–Kier alpha value is -0.680. The van der Waals surface area contributed by atoms with E-state index in [4.69, 9.17) is 19.9 Å². The van der Waals surface area contributed by atoms with Gasteiger partial charge in [-0.3, -0.25) is 18.9 Å². The van der Waals surface area contributed by atoms with Crippen molar-refractivity contribution in [3.05, 3.63) is 0 Å². The van der Waals surface area contributed by atoms with Crippen molar-refractivity contribution in [2.75, 3.05) is 0 Å². The van der Waals surface area contributed by atoms with Gasteiger partial charge in [0.15, 0.2) is 5.25 Å². The van der Waals surface area contributed by atoms with Crippen LogP contribution in [0.15, 0.2) is 0 Å². The molecule has 0 aromatic rings. The van der Waals surface area contributed by atoms with Crippen LogP contribution >= 0.6 is 0 Å². The molecule has 0 radical (unpaired) electrons. The standard InChI is InChI=1S/C12H24O2.C4H6O7S.Na.H/c1-2-3-4-5-6-7-8-9-10-11-12(13)14;5-3(6)1-2(4(7)8)12(9,10)11;;/h2-11H2,1H3,(H,13,14);2H,1H2,(H,5,6)(H,7,8)(H,9,10,11);;. The summed E-state index contributed by atoms with van der Waals surface area (Å²) in [5.74, 6) is -4.16. The molecule has 0 rings (SSSR count). The Morgan fingerprint density at radius 3 is 1.44 bits per heavy atom. The number of carbonyl (C=O) groups is 3. The van der Waals surface area contributed by atoms with Crippen LogP contribution in [0.3, 0.4) is 0 Å². The Kier molecular flexibility index (Phi) is 21.5. The maximum atomic E-state index is 10.2. The van der Waals surface area contributed by atoms with Gasteiger partial charge < -0.3 is 15.3 Å². The second-order valence-electron chi connectivity index (χ2n) is 5.91. The van der Waals surface area contributed by atoms with Crippen molar-refractivity contribution in [1.82, 2.24) is 0 Å². The van der Waals surface area contributed by atoms with Crippen molar-refractivity contribution in [3.63, 3.8) is 0 Å². The normalized spacial score (nSPS) is 11.5. The first kappa shape index (κ1) is 31.0. The van der Waals surface area contributed by atoms with Gasteiger partial charge in [0.05, 0.1) is 6.42 Å². The van der Waals surface area contributed by atoms with Gasteiger partial charge in [-0.15, -0.1) is 0 Å². The Labute approximate surface area is 182 Å². The summed E-state index contributed by atoms with van der Waals surface area (Å²) < 4.78 is 28.7. The van der Waals surface area contributed by atoms with Crippen molar-refractivity contribution in [2.24, 2.45) is 0 Å². The summed E-state index contributed by atoms with van der Waals surface area (Å²) in [7, 11) is -4.84. The first-order valence-corrected chi connectivity index (χ1v) is 10.1. The number of hydrogen-bond donors (Lipinski definition) is 4. The predicted octanol–water partition coefficient (Wildman–Crippen LogP) is 2.15. The molecule has 0 aromatic carbocycles. The average Bonchev–Trinajstić information content (AvgIpc) is 2.50. The van der Waals surface area contributed by atoms with Gasteiger partial charge >= 0.3 is 47.5 Å². The van der Waals surface area contributed by atoms with Crippen LogP contribution in [0.5, 0.6) is 0 Å². The van der Waals surface area contributed by atoms with Crippen molar-refractivity contribution >= 4 is 57.6 Å². The molecule has 0 spiro atoms. The van der Waals surface area contributed by atoms with Gasteiger partial charge in [0.2, 0.25) is 0 Å². The molecule has 4 N–H and O–H groups in total. The van der Waals surface area contributed by atoms with Gasteiger partial charge in [-0.05, 0) is 6.42 Å². The number of hydrogen-bond acceptors (Lipinski definition) is 5. The summed E-state index contributed by atoms with van der Waals surface area (Å²) in [4.78, 5) is 30.2. The van der Waals surface area contributed by atoms with E-state index in [9.17, 15) is 22.8 Å². The molecule has 0 bridgehead atoms. The van der Waals surface area contributed by atoms with Crippen LogP contribution in [-0.4, -0.2) is 81.0 Å². The SMILES string of the molecule is CCCCCCCCCCCC(=O)O.O=C(O)CC(C(=O)O)S(=O)(=O)O.[NaH]. The molecule has 0 saturated carbocycles. The number of carboxylic acid groups (broad SMARTS) is 3. The van der Waals surface area contributed by atoms with Gasteiger partial charge in [-0.25, -0.2) is 0 Å². The van der Waals surface area contributed by atoms with Gasteiger partial charge in [-0.1, -0.05) is 58.3 Å². The number of aliphatic carboxylic acids is 3. The zero-order chi connectivity index (χ0) is 20.6. The molecular formula is C16H31NaO9S. The van der Waals surface area contributed by atoms with E-state index >= 15 is 0 Å². The molecule has 0 heterocycles. The van der Waals surface area contributed by atoms with Crippen molar-refractivity contribution in [3.8, 4) is 0 Å². The second-order valence-corrected chi connectivity index (χ2v) is 7.51. The van der Waals surface area contributed by atoms with Gasteiger partial charge in [0.1, 0.15) is 0 Å². The molecule has 0 aliphatic heterocycles. The van der Waals surface area contributed by atoms with E-state index in [1.54, 1.807) is 0 Å². The van der Waals surface area contributed by atoms with E-state index in [-0.39, 0.29) is 29.6 Å². The molecule has 0 amide bonds. The fourth-order valence-electron chi connectivity index (χ4n) is 2.07. The molecular weight excluding hydrogens is 391 g/mol. The third kappa shape index (κ3) is 23.3. The molecule has 1 atom stereocenters. The zero-order valence-electron chi connectivity index (χ0n) is 15.1. The minimum atomic E-state index is -4.84. The van der Waals surface area contributed by atoms with Crippen LogP contribution < -0.4 is 0 Å². The maximum absolute atomic E-state index is 10.2. The van der Waals surface area contributed by atoms with Crippen LogP contribution in [0.1, 0.15) is 77.6 Å². The van der Waals surface area contributed by atoms with Crippen molar-refractivity contribution < 1.29 is 42.7 Å². The van der Waals surface area contributed by atoms with Crippen molar-refractivity contribution in [2.45, 2.75) is 82.8 Å². The quantitative estimate of drug-likeness (QED) is 0.186. The van der Waals surface area contributed by atoms with E-state index in [0.29, 0.717) is 6.42 Å². The van der Waals surface area contributed by atoms with Gasteiger partial charge in [0, 0.05) is 6.42 Å². The van der Waals surface area contributed by atoms with Gasteiger partial charge in [0.25, 0.3) is 10.1 Å². The third-order valence-corrected chi connectivity index (χ3v) is 4.58. The summed E-state index contributed by atoms with van der Waals surface area (Å²) in [5, 5.41) is 22.3. The molecule has 0 aromatic heterocycles. The Bertz CT molecular complexity index is 520. The summed E-state index contributed by atoms with van der Waals surface area (Å²) in [6, 6.07) is 0. The molecule has 156 valence electrons. The second kappa shape index (κ2) is 18.7. The first-order chi connectivity index (χ1) is 12.0. The number of carboxylic acids is 3. The summed E-state index contributed by atoms with van der Waals surface area (Å²) in [6.45, 7) is 2.23. The molecule has 0 saturated heterocycles. The van der Waals surface area contributed by atoms with Crippen LogP contribution in [0.2, 0.25) is 0 Å². The summed E-state index contributed by atoms with van der Waals surface area (Å²) in [6.07, 6.45) is 10.3. The van der Waals surface area contributed by atoms with Crippen LogP contribution in [0, 0.1) is 0 Å². The molecule has 0 aliphatic rings. The molecule has 11 heteroatoms. The van der Waals surface area contributed by atoms with Crippen molar-refractivity contribution in [1.29, 1.82) is 0 Å². The van der Waals surface area contributed by atoms with E-state index < -0.39 is 39.7 Å². The van der Waals surface area contributed by atoms with E-state index in [0.717, 1.165) is 12.8 Å². The molecule has 1 unspecified atom stereocenters. The van der Waals surface area contributed by atoms with E-state index in [1.807, 2.05) is 0 Å².